The smallest absolute Gasteiger partial charge is 0.345 e. The third-order valence-electron chi connectivity index (χ3n) is 4.56. The first-order valence-corrected chi connectivity index (χ1v) is 9.25. The first-order chi connectivity index (χ1) is 11.5. The number of aliphatic hydroxyl groups excluding tert-OH is 1. The zero-order chi connectivity index (χ0) is 17.1. The normalized spacial score (nSPS) is 17.8. The van der Waals surface area contributed by atoms with Crippen LogP contribution in [0.5, 0.6) is 0 Å². The molecule has 0 bridgehead atoms. The van der Waals surface area contributed by atoms with E-state index < -0.39 is 12.1 Å². The summed E-state index contributed by atoms with van der Waals surface area (Å²) in [4.78, 5) is 13.6. The van der Waals surface area contributed by atoms with Crippen molar-refractivity contribution in [2.24, 2.45) is 5.92 Å². The monoisotopic (exact) mass is 365 g/mol. The minimum Gasteiger partial charge on any atom is -0.477 e. The van der Waals surface area contributed by atoms with Gasteiger partial charge in [-0.25, -0.2) is 4.79 Å². The Hall–Kier alpha value is -1.40. The summed E-state index contributed by atoms with van der Waals surface area (Å²) < 4.78 is 0. The van der Waals surface area contributed by atoms with Crippen LogP contribution in [0.15, 0.2) is 35.7 Å². The van der Waals surface area contributed by atoms with E-state index in [4.69, 9.17) is 16.7 Å². The van der Waals surface area contributed by atoms with Crippen molar-refractivity contribution >= 4 is 28.9 Å². The zero-order valence-electron chi connectivity index (χ0n) is 13.2. The molecule has 0 radical (unpaired) electrons. The molecule has 6 heteroatoms. The van der Waals surface area contributed by atoms with Gasteiger partial charge in [-0.3, -0.25) is 4.90 Å². The largest absolute Gasteiger partial charge is 0.477 e. The van der Waals surface area contributed by atoms with Gasteiger partial charge in [0.1, 0.15) is 4.88 Å². The summed E-state index contributed by atoms with van der Waals surface area (Å²) in [6.45, 7) is 2.59. The summed E-state index contributed by atoms with van der Waals surface area (Å²) >= 11 is 7.17. The van der Waals surface area contributed by atoms with E-state index in [1.165, 1.54) is 11.3 Å². The summed E-state index contributed by atoms with van der Waals surface area (Å²) in [5.41, 5.74) is 1.97. The lowest BCUT2D eigenvalue weighted by Crippen LogP contribution is -2.35. The number of benzene rings is 1. The molecule has 3 rings (SSSR count). The Morgan fingerprint density at radius 2 is 1.96 bits per heavy atom. The van der Waals surface area contributed by atoms with Crippen molar-refractivity contribution in [3.05, 3.63) is 56.7 Å². The van der Waals surface area contributed by atoms with Gasteiger partial charge in [0.05, 0.1) is 6.10 Å². The number of carboxylic acid groups (broad SMARTS) is 1. The predicted molar refractivity (Wildman–Crippen MR) is 95.7 cm³/mol. The van der Waals surface area contributed by atoms with Crippen molar-refractivity contribution in [2.45, 2.75) is 25.5 Å². The molecule has 2 heterocycles. The van der Waals surface area contributed by atoms with E-state index in [-0.39, 0.29) is 5.92 Å². The molecule has 1 saturated heterocycles. The van der Waals surface area contributed by atoms with Crippen LogP contribution in [-0.4, -0.2) is 34.2 Å². The molecule has 4 nitrogen and oxygen atoms in total. The summed E-state index contributed by atoms with van der Waals surface area (Å²) in [6, 6.07) is 9.15. The quantitative estimate of drug-likeness (QED) is 0.839. The number of thiophene rings is 1. The average molecular weight is 366 g/mol. The molecule has 0 amide bonds. The van der Waals surface area contributed by atoms with Crippen LogP contribution in [0.1, 0.15) is 39.7 Å². The van der Waals surface area contributed by atoms with Crippen LogP contribution < -0.4 is 0 Å². The molecule has 2 aromatic rings. The van der Waals surface area contributed by atoms with Crippen LogP contribution in [0.3, 0.4) is 0 Å². The highest BCUT2D eigenvalue weighted by Gasteiger charge is 2.26. The van der Waals surface area contributed by atoms with Crippen molar-refractivity contribution in [3.63, 3.8) is 0 Å². The van der Waals surface area contributed by atoms with Gasteiger partial charge in [-0.15, -0.1) is 11.3 Å². The van der Waals surface area contributed by atoms with E-state index in [1.807, 2.05) is 29.6 Å². The fraction of sp³-hybridized carbons (Fsp3) is 0.389. The number of carbonyl (C=O) groups is 1. The lowest BCUT2D eigenvalue weighted by Gasteiger charge is -2.34. The second-order valence-corrected chi connectivity index (χ2v) is 7.58. The maximum Gasteiger partial charge on any atom is 0.345 e. The highest BCUT2D eigenvalue weighted by Crippen LogP contribution is 2.32. The average Bonchev–Trinajstić information content (AvgIpc) is 3.04. The number of piperidine rings is 1. The Balaban J connectivity index is 1.53. The van der Waals surface area contributed by atoms with E-state index in [2.05, 4.69) is 4.90 Å². The maximum absolute atomic E-state index is 10.9. The summed E-state index contributed by atoms with van der Waals surface area (Å²) in [5.74, 6) is -0.615. The Labute approximate surface area is 150 Å². The number of likely N-dealkylation sites (tertiary alicyclic amines) is 1. The van der Waals surface area contributed by atoms with Gasteiger partial charge in [0.15, 0.2) is 0 Å². The fourth-order valence-corrected chi connectivity index (χ4v) is 4.05. The van der Waals surface area contributed by atoms with Crippen LogP contribution in [0, 0.1) is 5.92 Å². The predicted octanol–water partition coefficient (Wildman–Crippen LogP) is 4.05. The highest BCUT2D eigenvalue weighted by atomic mass is 35.5. The first kappa shape index (κ1) is 17.4. The summed E-state index contributed by atoms with van der Waals surface area (Å²) in [7, 11) is 0. The van der Waals surface area contributed by atoms with Gasteiger partial charge in [0.2, 0.25) is 0 Å². The molecular formula is C18H20ClNO3S. The van der Waals surface area contributed by atoms with E-state index >= 15 is 0 Å². The molecule has 0 spiro atoms. The third kappa shape index (κ3) is 4.16. The molecule has 128 valence electrons. The Morgan fingerprint density at radius 3 is 2.54 bits per heavy atom. The van der Waals surface area contributed by atoms with Crippen molar-refractivity contribution in [2.75, 3.05) is 13.1 Å². The van der Waals surface area contributed by atoms with Gasteiger partial charge in [-0.1, -0.05) is 23.7 Å². The second-order valence-electron chi connectivity index (χ2n) is 6.23. The topological polar surface area (TPSA) is 60.8 Å². The van der Waals surface area contributed by atoms with Gasteiger partial charge >= 0.3 is 5.97 Å². The van der Waals surface area contributed by atoms with Gasteiger partial charge in [-0.2, -0.15) is 0 Å². The molecule has 1 aliphatic heterocycles. The van der Waals surface area contributed by atoms with Crippen LogP contribution in [-0.2, 0) is 6.54 Å². The standard InChI is InChI=1S/C18H20ClNO3S/c19-15-3-1-13(2-4-15)17(21)14-5-7-20(8-6-14)10-12-9-16(18(22)23)24-11-12/h1-4,9,11,14,17,21H,5-8,10H2,(H,22,23). The van der Waals surface area contributed by atoms with Crippen LogP contribution in [0.25, 0.3) is 0 Å². The van der Waals surface area contributed by atoms with E-state index in [9.17, 15) is 9.90 Å². The molecule has 1 aliphatic rings. The number of rotatable bonds is 5. The van der Waals surface area contributed by atoms with Crippen molar-refractivity contribution in [1.29, 1.82) is 0 Å². The fourth-order valence-electron chi connectivity index (χ4n) is 3.19. The Kier molecular flexibility index (Phi) is 5.56. The molecule has 1 aromatic carbocycles. The molecule has 0 aliphatic carbocycles. The zero-order valence-corrected chi connectivity index (χ0v) is 14.8. The van der Waals surface area contributed by atoms with Crippen molar-refractivity contribution in [1.82, 2.24) is 4.90 Å². The number of aromatic carboxylic acids is 1. The molecule has 1 unspecified atom stereocenters. The molecule has 2 N–H and O–H groups in total. The molecular weight excluding hydrogens is 346 g/mol. The Morgan fingerprint density at radius 1 is 1.29 bits per heavy atom. The number of nitrogens with zero attached hydrogens (tertiary/aromatic N) is 1. The summed E-state index contributed by atoms with van der Waals surface area (Å²) in [5, 5.41) is 22.1. The molecule has 1 fully saturated rings. The first-order valence-electron chi connectivity index (χ1n) is 7.99. The van der Waals surface area contributed by atoms with E-state index in [0.29, 0.717) is 9.90 Å². The lowest BCUT2D eigenvalue weighted by molar-refractivity contribution is 0.0567. The number of halogens is 1. The highest BCUT2D eigenvalue weighted by molar-refractivity contribution is 7.12. The van der Waals surface area contributed by atoms with Crippen molar-refractivity contribution < 1.29 is 15.0 Å². The van der Waals surface area contributed by atoms with Crippen LogP contribution in [0.4, 0.5) is 0 Å². The van der Waals surface area contributed by atoms with Gasteiger partial charge in [0.25, 0.3) is 0 Å². The van der Waals surface area contributed by atoms with Crippen LogP contribution in [0.2, 0.25) is 5.02 Å². The maximum atomic E-state index is 10.9. The lowest BCUT2D eigenvalue weighted by atomic mass is 9.87. The number of hydrogen-bond donors (Lipinski definition) is 2. The van der Waals surface area contributed by atoms with Gasteiger partial charge < -0.3 is 10.2 Å². The molecule has 24 heavy (non-hydrogen) atoms. The minimum absolute atomic E-state index is 0.250. The van der Waals surface area contributed by atoms with Gasteiger partial charge in [0, 0.05) is 11.6 Å². The van der Waals surface area contributed by atoms with Crippen molar-refractivity contribution in [3.8, 4) is 0 Å². The number of carboxylic acids is 1. The van der Waals surface area contributed by atoms with E-state index in [1.54, 1.807) is 6.07 Å². The molecule has 1 aromatic heterocycles. The third-order valence-corrected chi connectivity index (χ3v) is 5.78. The minimum atomic E-state index is -0.865. The molecule has 0 saturated carbocycles. The van der Waals surface area contributed by atoms with Crippen LogP contribution >= 0.6 is 22.9 Å². The molecule has 1 atom stereocenters. The number of hydrogen-bond acceptors (Lipinski definition) is 4. The Bertz CT molecular complexity index is 693. The SMILES string of the molecule is O=C(O)c1cc(CN2CCC(C(O)c3ccc(Cl)cc3)CC2)cs1. The van der Waals surface area contributed by atoms with E-state index in [0.717, 1.165) is 43.6 Å². The summed E-state index contributed by atoms with van der Waals surface area (Å²) in [6.07, 6.45) is 1.41. The second kappa shape index (κ2) is 7.66. The number of aliphatic hydroxyl groups is 1. The van der Waals surface area contributed by atoms with Gasteiger partial charge in [-0.05, 0) is 66.6 Å².